The van der Waals surface area contributed by atoms with E-state index in [9.17, 15) is 0 Å². The van der Waals surface area contributed by atoms with Gasteiger partial charge in [-0.3, -0.25) is 0 Å². The van der Waals surface area contributed by atoms with Gasteiger partial charge in [-0.1, -0.05) is 10.3 Å². The molecule has 0 fully saturated rings. The Kier molecular flexibility index (Phi) is 3.25. The van der Waals surface area contributed by atoms with E-state index < -0.39 is 0 Å². The first-order chi connectivity index (χ1) is 7.77. The molecule has 7 heteroatoms. The number of rotatable bonds is 5. The lowest BCUT2D eigenvalue weighted by atomic mass is 10.3. The molecule has 0 saturated carbocycles. The van der Waals surface area contributed by atoms with E-state index in [1.807, 2.05) is 18.5 Å². The van der Waals surface area contributed by atoms with Crippen LogP contribution >= 0.6 is 0 Å². The van der Waals surface area contributed by atoms with Gasteiger partial charge in [0.15, 0.2) is 0 Å². The van der Waals surface area contributed by atoms with Gasteiger partial charge in [-0.05, 0) is 6.92 Å². The van der Waals surface area contributed by atoms with Crippen molar-refractivity contribution >= 4 is 0 Å². The fraction of sp³-hybridized carbons (Fsp3) is 0.556. The molecular formula is C9H14N6O. The van der Waals surface area contributed by atoms with Crippen molar-refractivity contribution in [3.05, 3.63) is 23.5 Å². The molecular weight excluding hydrogens is 208 g/mol. The van der Waals surface area contributed by atoms with Crippen LogP contribution in [-0.2, 0) is 20.0 Å². The third-order valence-electron chi connectivity index (χ3n) is 2.37. The maximum absolute atomic E-state index is 4.60. The second-order valence-electron chi connectivity index (χ2n) is 3.58. The summed E-state index contributed by atoms with van der Waals surface area (Å²) in [5.74, 6) is 0.961. The summed E-state index contributed by atoms with van der Waals surface area (Å²) in [4.78, 5) is 0. The first-order valence-corrected chi connectivity index (χ1v) is 5.09. The van der Waals surface area contributed by atoms with Gasteiger partial charge in [0.05, 0.1) is 0 Å². The van der Waals surface area contributed by atoms with E-state index in [2.05, 4.69) is 30.5 Å². The smallest absolute Gasteiger partial charge is 0.133 e. The van der Waals surface area contributed by atoms with E-state index in [1.54, 1.807) is 6.33 Å². The molecule has 0 aromatic carbocycles. The molecule has 2 heterocycles. The Labute approximate surface area is 92.8 Å². The molecule has 2 rings (SSSR count). The Morgan fingerprint density at radius 2 is 2.31 bits per heavy atom. The number of aryl methyl sites for hydroxylation is 2. The van der Waals surface area contributed by atoms with Gasteiger partial charge in [0.25, 0.3) is 0 Å². The summed E-state index contributed by atoms with van der Waals surface area (Å²) in [6.45, 7) is 3.35. The number of nitrogens with one attached hydrogen (secondary N) is 1. The van der Waals surface area contributed by atoms with Crippen molar-refractivity contribution in [2.24, 2.45) is 7.05 Å². The highest BCUT2D eigenvalue weighted by molar-refractivity contribution is 5.03. The van der Waals surface area contributed by atoms with Gasteiger partial charge in [0, 0.05) is 26.6 Å². The predicted molar refractivity (Wildman–Crippen MR) is 55.4 cm³/mol. The summed E-state index contributed by atoms with van der Waals surface area (Å²) in [6, 6.07) is 0. The zero-order valence-electron chi connectivity index (χ0n) is 9.34. The lowest BCUT2D eigenvalue weighted by Gasteiger charge is -2.02. The van der Waals surface area contributed by atoms with Gasteiger partial charge in [0.2, 0.25) is 0 Å². The summed E-state index contributed by atoms with van der Waals surface area (Å²) in [7, 11) is 1.93. The molecule has 0 saturated heterocycles. The number of hydrogen-bond acceptors (Lipinski definition) is 6. The minimum absolute atomic E-state index is 0.660. The summed E-state index contributed by atoms with van der Waals surface area (Å²) in [5.41, 5.74) is 1.67. The number of nitrogens with zero attached hydrogens (tertiary/aromatic N) is 5. The minimum Gasteiger partial charge on any atom is -0.321 e. The topological polar surface area (TPSA) is 81.7 Å². The molecule has 86 valence electrons. The van der Waals surface area contributed by atoms with Crippen LogP contribution in [-0.4, -0.2) is 31.6 Å². The van der Waals surface area contributed by atoms with Crippen LogP contribution in [0.3, 0.4) is 0 Å². The number of hydrogen-bond donors (Lipinski definition) is 1. The van der Waals surface area contributed by atoms with E-state index >= 15 is 0 Å². The highest BCUT2D eigenvalue weighted by atomic mass is 16.6. The summed E-state index contributed by atoms with van der Waals surface area (Å²) >= 11 is 0. The van der Waals surface area contributed by atoms with Crippen molar-refractivity contribution < 1.29 is 4.63 Å². The SMILES string of the molecule is Cc1nonc1CNCCc1nncn1C. The van der Waals surface area contributed by atoms with Gasteiger partial charge in [-0.2, -0.15) is 0 Å². The van der Waals surface area contributed by atoms with E-state index in [1.165, 1.54) is 0 Å². The average Bonchev–Trinajstić information content (AvgIpc) is 2.84. The standard InChI is InChI=1S/C9H14N6O/c1-7-8(14-16-13-7)5-10-4-3-9-12-11-6-15(9)2/h6,10H,3-5H2,1-2H3. The lowest BCUT2D eigenvalue weighted by molar-refractivity contribution is 0.300. The molecule has 0 spiro atoms. The van der Waals surface area contributed by atoms with E-state index in [0.29, 0.717) is 6.54 Å². The van der Waals surface area contributed by atoms with Crippen molar-refractivity contribution in [1.29, 1.82) is 0 Å². The Morgan fingerprint density at radius 3 is 2.94 bits per heavy atom. The third-order valence-corrected chi connectivity index (χ3v) is 2.37. The Balaban J connectivity index is 1.74. The summed E-state index contributed by atoms with van der Waals surface area (Å²) < 4.78 is 6.51. The van der Waals surface area contributed by atoms with Crippen LogP contribution in [0.2, 0.25) is 0 Å². The van der Waals surface area contributed by atoms with Crippen molar-refractivity contribution in [3.63, 3.8) is 0 Å². The molecule has 2 aromatic heterocycles. The van der Waals surface area contributed by atoms with Crippen molar-refractivity contribution in [2.45, 2.75) is 19.9 Å². The van der Waals surface area contributed by atoms with Crippen LogP contribution in [0.25, 0.3) is 0 Å². The quantitative estimate of drug-likeness (QED) is 0.708. The molecule has 0 aliphatic heterocycles. The van der Waals surface area contributed by atoms with Crippen molar-refractivity contribution in [1.82, 2.24) is 30.4 Å². The molecule has 0 amide bonds. The molecule has 7 nitrogen and oxygen atoms in total. The van der Waals surface area contributed by atoms with Crippen LogP contribution in [0.15, 0.2) is 11.0 Å². The van der Waals surface area contributed by atoms with Gasteiger partial charge >= 0.3 is 0 Å². The zero-order valence-corrected chi connectivity index (χ0v) is 9.34. The second-order valence-corrected chi connectivity index (χ2v) is 3.58. The average molecular weight is 222 g/mol. The van der Waals surface area contributed by atoms with Gasteiger partial charge in [-0.25, -0.2) is 4.63 Å². The molecule has 0 aliphatic rings. The number of aromatic nitrogens is 5. The molecule has 0 bridgehead atoms. The van der Waals surface area contributed by atoms with Gasteiger partial charge < -0.3 is 9.88 Å². The Morgan fingerprint density at radius 1 is 1.44 bits per heavy atom. The lowest BCUT2D eigenvalue weighted by Crippen LogP contribution is -2.18. The van der Waals surface area contributed by atoms with Crippen molar-refractivity contribution in [2.75, 3.05) is 6.54 Å². The fourth-order valence-corrected chi connectivity index (χ4v) is 1.35. The molecule has 0 atom stereocenters. The molecule has 0 unspecified atom stereocenters. The van der Waals surface area contributed by atoms with Crippen LogP contribution in [0.5, 0.6) is 0 Å². The van der Waals surface area contributed by atoms with E-state index in [-0.39, 0.29) is 0 Å². The third kappa shape index (κ3) is 2.43. The zero-order chi connectivity index (χ0) is 11.4. The van der Waals surface area contributed by atoms with Crippen LogP contribution in [0.1, 0.15) is 17.2 Å². The Hall–Kier alpha value is -1.76. The molecule has 2 aromatic rings. The second kappa shape index (κ2) is 4.84. The normalized spacial score (nSPS) is 10.9. The molecule has 16 heavy (non-hydrogen) atoms. The molecule has 1 N–H and O–H groups in total. The predicted octanol–water partition coefficient (Wildman–Crippen LogP) is -0.161. The highest BCUT2D eigenvalue weighted by Crippen LogP contribution is 1.99. The van der Waals surface area contributed by atoms with Crippen LogP contribution in [0.4, 0.5) is 0 Å². The molecule has 0 aliphatic carbocycles. The first-order valence-electron chi connectivity index (χ1n) is 5.09. The minimum atomic E-state index is 0.660. The van der Waals surface area contributed by atoms with Gasteiger partial charge in [-0.15, -0.1) is 10.2 Å². The highest BCUT2D eigenvalue weighted by Gasteiger charge is 2.04. The largest absolute Gasteiger partial charge is 0.321 e. The van der Waals surface area contributed by atoms with E-state index in [0.717, 1.165) is 30.2 Å². The first kappa shape index (κ1) is 10.7. The van der Waals surface area contributed by atoms with Crippen LogP contribution < -0.4 is 5.32 Å². The maximum Gasteiger partial charge on any atom is 0.133 e. The van der Waals surface area contributed by atoms with Crippen LogP contribution in [0, 0.1) is 6.92 Å². The van der Waals surface area contributed by atoms with E-state index in [4.69, 9.17) is 0 Å². The summed E-state index contributed by atoms with van der Waals surface area (Å²) in [6.07, 6.45) is 2.53. The van der Waals surface area contributed by atoms with Gasteiger partial charge in [0.1, 0.15) is 23.5 Å². The monoisotopic (exact) mass is 222 g/mol. The molecule has 0 radical (unpaired) electrons. The van der Waals surface area contributed by atoms with Crippen molar-refractivity contribution in [3.8, 4) is 0 Å². The Bertz CT molecular complexity index is 406. The fourth-order valence-electron chi connectivity index (χ4n) is 1.35. The summed E-state index contributed by atoms with van der Waals surface area (Å²) in [5, 5.41) is 18.6. The maximum atomic E-state index is 4.60.